The number of anilines is 1. The molecule has 2 atom stereocenters. The second-order valence-electron chi connectivity index (χ2n) is 8.42. The lowest BCUT2D eigenvalue weighted by molar-refractivity contribution is -0.137. The van der Waals surface area contributed by atoms with Gasteiger partial charge in [-0.15, -0.1) is 0 Å². The highest BCUT2D eigenvalue weighted by molar-refractivity contribution is 5.81. The number of likely N-dealkylation sites (N-methyl/N-ethyl adjacent to an activating group) is 2. The first-order valence-corrected chi connectivity index (χ1v) is 10.6. The van der Waals surface area contributed by atoms with Crippen molar-refractivity contribution in [1.29, 1.82) is 0 Å². The lowest BCUT2D eigenvalue weighted by Gasteiger charge is -2.46. The quantitative estimate of drug-likeness (QED) is 0.745. The summed E-state index contributed by atoms with van der Waals surface area (Å²) in [7, 11) is 4.08. The number of carbonyl (C=O) groups excluding carboxylic acids is 1. The number of para-hydroxylation sites is 1. The van der Waals surface area contributed by atoms with E-state index in [1.165, 1.54) is 0 Å². The van der Waals surface area contributed by atoms with Crippen molar-refractivity contribution in [3.05, 3.63) is 30.3 Å². The second-order valence-corrected chi connectivity index (χ2v) is 8.42. The molecule has 29 heavy (non-hydrogen) atoms. The van der Waals surface area contributed by atoms with Crippen molar-refractivity contribution in [3.8, 4) is 0 Å². The molecule has 0 aliphatic carbocycles. The summed E-state index contributed by atoms with van der Waals surface area (Å²) < 4.78 is 0. The van der Waals surface area contributed by atoms with E-state index < -0.39 is 5.97 Å². The summed E-state index contributed by atoms with van der Waals surface area (Å²) in [5.74, 6) is -0.419. The summed E-state index contributed by atoms with van der Waals surface area (Å²) in [6.45, 7) is 5.90. The standard InChI is InChI=1S/C22H34N4O3/c1-23-12-14-25(15-13-23)20-10-11-26(16-18(20)8-9-22(28)29)21(27)17-24(2)19-6-4-3-5-7-19/h3-7,18,20H,8-17H2,1-2H3,(H,28,29)/t18-,20+/m1/s1. The fourth-order valence-electron chi connectivity index (χ4n) is 4.55. The van der Waals surface area contributed by atoms with E-state index in [1.807, 2.05) is 47.2 Å². The summed E-state index contributed by atoms with van der Waals surface area (Å²) >= 11 is 0. The van der Waals surface area contributed by atoms with E-state index >= 15 is 0 Å². The highest BCUT2D eigenvalue weighted by atomic mass is 16.4. The van der Waals surface area contributed by atoms with Gasteiger partial charge in [-0.3, -0.25) is 14.5 Å². The number of aliphatic carboxylic acids is 1. The Labute approximate surface area is 173 Å². The number of likely N-dealkylation sites (tertiary alicyclic amines) is 1. The Morgan fingerprint density at radius 1 is 1.10 bits per heavy atom. The van der Waals surface area contributed by atoms with Crippen molar-refractivity contribution >= 4 is 17.6 Å². The molecule has 3 rings (SSSR count). The third kappa shape index (κ3) is 5.93. The van der Waals surface area contributed by atoms with Gasteiger partial charge in [0.2, 0.25) is 5.91 Å². The second kappa shape index (κ2) is 10.1. The fraction of sp³-hybridized carbons (Fsp3) is 0.636. The van der Waals surface area contributed by atoms with E-state index in [1.54, 1.807) is 0 Å². The molecule has 2 aliphatic rings. The van der Waals surface area contributed by atoms with Gasteiger partial charge >= 0.3 is 5.97 Å². The summed E-state index contributed by atoms with van der Waals surface area (Å²) in [6, 6.07) is 10.3. The van der Waals surface area contributed by atoms with Crippen LogP contribution in [-0.4, -0.2) is 97.6 Å². The fourth-order valence-corrected chi connectivity index (χ4v) is 4.55. The molecule has 1 aromatic carbocycles. The zero-order chi connectivity index (χ0) is 20.8. The molecule has 2 saturated heterocycles. The van der Waals surface area contributed by atoms with E-state index in [0.29, 0.717) is 25.6 Å². The first kappa shape index (κ1) is 21.6. The topological polar surface area (TPSA) is 67.3 Å². The summed E-state index contributed by atoms with van der Waals surface area (Å²) in [4.78, 5) is 32.9. The van der Waals surface area contributed by atoms with Crippen LogP contribution in [0.25, 0.3) is 0 Å². The van der Waals surface area contributed by atoms with Gasteiger partial charge in [-0.2, -0.15) is 0 Å². The average molecular weight is 403 g/mol. The van der Waals surface area contributed by atoms with Gasteiger partial charge in [0.1, 0.15) is 0 Å². The molecular formula is C22H34N4O3. The van der Waals surface area contributed by atoms with Crippen molar-refractivity contribution in [1.82, 2.24) is 14.7 Å². The maximum atomic E-state index is 12.9. The normalized spacial score (nSPS) is 23.7. The van der Waals surface area contributed by atoms with Crippen LogP contribution >= 0.6 is 0 Å². The van der Waals surface area contributed by atoms with Gasteiger partial charge < -0.3 is 19.8 Å². The first-order chi connectivity index (χ1) is 13.9. The third-order valence-corrected chi connectivity index (χ3v) is 6.35. The number of nitrogens with zero attached hydrogens (tertiary/aromatic N) is 4. The van der Waals surface area contributed by atoms with Crippen LogP contribution in [0, 0.1) is 5.92 Å². The number of carboxylic acids is 1. The lowest BCUT2D eigenvalue weighted by atomic mass is 9.86. The molecule has 160 valence electrons. The summed E-state index contributed by atoms with van der Waals surface area (Å²) in [5.41, 5.74) is 1.02. The van der Waals surface area contributed by atoms with Crippen LogP contribution in [-0.2, 0) is 9.59 Å². The van der Waals surface area contributed by atoms with Gasteiger partial charge in [0.25, 0.3) is 0 Å². The number of piperazine rings is 1. The van der Waals surface area contributed by atoms with Crippen molar-refractivity contribution in [2.24, 2.45) is 5.92 Å². The number of amides is 1. The van der Waals surface area contributed by atoms with E-state index in [0.717, 1.165) is 44.8 Å². The zero-order valence-electron chi connectivity index (χ0n) is 17.7. The van der Waals surface area contributed by atoms with Gasteiger partial charge in [-0.25, -0.2) is 0 Å². The lowest BCUT2D eigenvalue weighted by Crippen LogP contribution is -2.57. The number of benzene rings is 1. The largest absolute Gasteiger partial charge is 0.481 e. The number of hydrogen-bond acceptors (Lipinski definition) is 5. The molecule has 0 saturated carbocycles. The number of rotatable bonds is 7. The molecule has 0 spiro atoms. The van der Waals surface area contributed by atoms with Gasteiger partial charge in [0, 0.05) is 64.5 Å². The van der Waals surface area contributed by atoms with Gasteiger partial charge in [-0.05, 0) is 37.9 Å². The molecule has 1 amide bonds. The van der Waals surface area contributed by atoms with E-state index in [9.17, 15) is 14.7 Å². The van der Waals surface area contributed by atoms with Crippen molar-refractivity contribution in [2.75, 3.05) is 64.8 Å². The minimum atomic E-state index is -0.755. The Kier molecular flexibility index (Phi) is 7.50. The number of piperidine rings is 1. The summed E-state index contributed by atoms with van der Waals surface area (Å²) in [5, 5.41) is 9.19. The first-order valence-electron chi connectivity index (χ1n) is 10.6. The van der Waals surface area contributed by atoms with Crippen LogP contribution in [0.3, 0.4) is 0 Å². The van der Waals surface area contributed by atoms with Crippen LogP contribution in [0.5, 0.6) is 0 Å². The Hall–Kier alpha value is -2.12. The van der Waals surface area contributed by atoms with Gasteiger partial charge in [0.15, 0.2) is 0 Å². The third-order valence-electron chi connectivity index (χ3n) is 6.35. The molecular weight excluding hydrogens is 368 g/mol. The van der Waals surface area contributed by atoms with Crippen LogP contribution in [0.1, 0.15) is 19.3 Å². The number of carbonyl (C=O) groups is 2. The molecule has 0 bridgehead atoms. The minimum absolute atomic E-state index is 0.119. The zero-order valence-corrected chi connectivity index (χ0v) is 17.7. The Balaban J connectivity index is 1.61. The SMILES string of the molecule is CN1CCN([C@H]2CCN(C(=O)CN(C)c3ccccc3)C[C@H]2CCC(=O)O)CC1. The van der Waals surface area contributed by atoms with Crippen LogP contribution in [0.4, 0.5) is 5.69 Å². The maximum absolute atomic E-state index is 12.9. The molecule has 2 heterocycles. The number of hydrogen-bond donors (Lipinski definition) is 1. The molecule has 2 fully saturated rings. The van der Waals surface area contributed by atoms with E-state index in [-0.39, 0.29) is 18.2 Å². The van der Waals surface area contributed by atoms with E-state index in [4.69, 9.17) is 0 Å². The predicted molar refractivity (Wildman–Crippen MR) is 114 cm³/mol. The molecule has 7 nitrogen and oxygen atoms in total. The predicted octanol–water partition coefficient (Wildman–Crippen LogP) is 1.45. The van der Waals surface area contributed by atoms with Crippen LogP contribution in [0.15, 0.2) is 30.3 Å². The Morgan fingerprint density at radius 3 is 2.45 bits per heavy atom. The van der Waals surface area contributed by atoms with E-state index in [2.05, 4.69) is 16.8 Å². The Bertz CT molecular complexity index is 676. The summed E-state index contributed by atoms with van der Waals surface area (Å²) in [6.07, 6.45) is 1.72. The van der Waals surface area contributed by atoms with Gasteiger partial charge in [-0.1, -0.05) is 18.2 Å². The molecule has 2 aliphatic heterocycles. The molecule has 0 unspecified atom stereocenters. The molecule has 1 N–H and O–H groups in total. The highest BCUT2D eigenvalue weighted by Crippen LogP contribution is 2.27. The number of carboxylic acid groups (broad SMARTS) is 1. The molecule has 0 aromatic heterocycles. The Morgan fingerprint density at radius 2 is 1.79 bits per heavy atom. The van der Waals surface area contributed by atoms with Crippen molar-refractivity contribution < 1.29 is 14.7 Å². The van der Waals surface area contributed by atoms with Gasteiger partial charge in [0.05, 0.1) is 6.54 Å². The van der Waals surface area contributed by atoms with Crippen molar-refractivity contribution in [2.45, 2.75) is 25.3 Å². The monoisotopic (exact) mass is 402 g/mol. The molecule has 0 radical (unpaired) electrons. The maximum Gasteiger partial charge on any atom is 0.303 e. The molecule has 7 heteroatoms. The van der Waals surface area contributed by atoms with Crippen molar-refractivity contribution in [3.63, 3.8) is 0 Å². The molecule has 1 aromatic rings. The smallest absolute Gasteiger partial charge is 0.303 e. The van der Waals surface area contributed by atoms with Crippen LogP contribution < -0.4 is 4.90 Å². The minimum Gasteiger partial charge on any atom is -0.481 e. The average Bonchev–Trinajstić information content (AvgIpc) is 2.73. The van der Waals surface area contributed by atoms with Crippen LogP contribution in [0.2, 0.25) is 0 Å². The highest BCUT2D eigenvalue weighted by Gasteiger charge is 2.36.